The van der Waals surface area contributed by atoms with Gasteiger partial charge in [0.25, 0.3) is 0 Å². The Morgan fingerprint density at radius 1 is 1.19 bits per heavy atom. The van der Waals surface area contributed by atoms with Gasteiger partial charge in [-0.05, 0) is 30.0 Å². The van der Waals surface area contributed by atoms with Gasteiger partial charge in [-0.15, -0.1) is 0 Å². The molecule has 7 heteroatoms. The van der Waals surface area contributed by atoms with Crippen molar-refractivity contribution in [2.24, 2.45) is 5.92 Å². The molecule has 118 valence electrons. The van der Waals surface area contributed by atoms with E-state index in [9.17, 15) is 22.0 Å². The third kappa shape index (κ3) is 5.41. The number of carbonyl (C=O) groups is 1. The normalized spacial score (nSPS) is 11.9. The predicted octanol–water partition coefficient (Wildman–Crippen LogP) is 2.39. The molecule has 0 spiro atoms. The molecule has 0 fully saturated rings. The SMILES string of the molecule is CC(C)CCNC(=O)Cc1ccc(S(=O)(=O)C(F)F)cc1. The van der Waals surface area contributed by atoms with Crippen LogP contribution in [-0.4, -0.2) is 26.6 Å². The number of carbonyl (C=O) groups excluding carboxylic acids is 1. The number of rotatable bonds is 7. The Morgan fingerprint density at radius 3 is 2.24 bits per heavy atom. The highest BCUT2D eigenvalue weighted by Gasteiger charge is 2.26. The zero-order valence-electron chi connectivity index (χ0n) is 12.0. The Morgan fingerprint density at radius 2 is 1.76 bits per heavy atom. The molecule has 0 unspecified atom stereocenters. The molecule has 1 N–H and O–H groups in total. The standard InChI is InChI=1S/C14H19F2NO3S/c1-10(2)7-8-17-13(18)9-11-3-5-12(6-4-11)21(19,20)14(15)16/h3-6,10,14H,7-9H2,1-2H3,(H,17,18). The first-order chi connectivity index (χ1) is 9.73. The number of hydrogen-bond donors (Lipinski definition) is 1. The Balaban J connectivity index is 2.61. The van der Waals surface area contributed by atoms with E-state index in [0.717, 1.165) is 18.6 Å². The molecule has 1 aromatic carbocycles. The van der Waals surface area contributed by atoms with Crippen LogP contribution in [-0.2, 0) is 21.1 Å². The first-order valence-corrected chi connectivity index (χ1v) is 8.16. The van der Waals surface area contributed by atoms with Gasteiger partial charge < -0.3 is 5.32 Å². The summed E-state index contributed by atoms with van der Waals surface area (Å²) < 4.78 is 47.2. The molecule has 21 heavy (non-hydrogen) atoms. The lowest BCUT2D eigenvalue weighted by Gasteiger charge is -2.08. The average Bonchev–Trinajstić information content (AvgIpc) is 2.38. The second-order valence-corrected chi connectivity index (χ2v) is 7.08. The van der Waals surface area contributed by atoms with E-state index < -0.39 is 20.5 Å². The van der Waals surface area contributed by atoms with Crippen LogP contribution in [0.4, 0.5) is 8.78 Å². The highest BCUT2D eigenvalue weighted by Crippen LogP contribution is 2.18. The number of alkyl halides is 2. The van der Waals surface area contributed by atoms with Gasteiger partial charge in [0.1, 0.15) is 0 Å². The molecule has 0 aliphatic heterocycles. The van der Waals surface area contributed by atoms with Gasteiger partial charge in [0, 0.05) is 6.54 Å². The van der Waals surface area contributed by atoms with Gasteiger partial charge in [-0.25, -0.2) is 8.42 Å². The van der Waals surface area contributed by atoms with Gasteiger partial charge in [0.15, 0.2) is 0 Å². The minimum atomic E-state index is -4.58. The van der Waals surface area contributed by atoms with E-state index in [0.29, 0.717) is 18.0 Å². The molecule has 0 atom stereocenters. The van der Waals surface area contributed by atoms with Crippen molar-refractivity contribution >= 4 is 15.7 Å². The lowest BCUT2D eigenvalue weighted by atomic mass is 10.1. The summed E-state index contributed by atoms with van der Waals surface area (Å²) in [5.41, 5.74) is 0.574. The van der Waals surface area contributed by atoms with Gasteiger partial charge >= 0.3 is 5.76 Å². The maximum atomic E-state index is 12.4. The topological polar surface area (TPSA) is 63.2 Å². The maximum Gasteiger partial charge on any atom is 0.341 e. The third-order valence-corrected chi connectivity index (χ3v) is 4.29. The summed E-state index contributed by atoms with van der Waals surface area (Å²) in [6.45, 7) is 4.68. The van der Waals surface area contributed by atoms with Crippen molar-refractivity contribution in [1.29, 1.82) is 0 Å². The number of halogens is 2. The van der Waals surface area contributed by atoms with Crippen molar-refractivity contribution in [3.63, 3.8) is 0 Å². The fraction of sp³-hybridized carbons (Fsp3) is 0.500. The van der Waals surface area contributed by atoms with Gasteiger partial charge in [-0.1, -0.05) is 26.0 Å². The van der Waals surface area contributed by atoms with Crippen LogP contribution in [0.3, 0.4) is 0 Å². The summed E-state index contributed by atoms with van der Waals surface area (Å²) in [5.74, 6) is -3.13. The number of hydrogen-bond acceptors (Lipinski definition) is 3. The summed E-state index contributed by atoms with van der Waals surface area (Å²) in [6.07, 6.45) is 0.963. The molecule has 1 rings (SSSR count). The molecule has 0 heterocycles. The molecule has 1 amide bonds. The highest BCUT2D eigenvalue weighted by molar-refractivity contribution is 7.91. The molecule has 1 aromatic rings. The molecule has 0 aromatic heterocycles. The summed E-state index contributed by atoms with van der Waals surface area (Å²) in [5, 5.41) is 2.75. The smallest absolute Gasteiger partial charge is 0.341 e. The minimum Gasteiger partial charge on any atom is -0.356 e. The van der Waals surface area contributed by atoms with Crippen molar-refractivity contribution in [1.82, 2.24) is 5.32 Å². The van der Waals surface area contributed by atoms with Gasteiger partial charge in [0.2, 0.25) is 15.7 Å². The van der Waals surface area contributed by atoms with Crippen LogP contribution in [0, 0.1) is 5.92 Å². The largest absolute Gasteiger partial charge is 0.356 e. The van der Waals surface area contributed by atoms with E-state index in [4.69, 9.17) is 0 Å². The Bertz CT molecular complexity index is 568. The molecular weight excluding hydrogens is 300 g/mol. The van der Waals surface area contributed by atoms with Crippen LogP contribution in [0.5, 0.6) is 0 Å². The van der Waals surface area contributed by atoms with Crippen molar-refractivity contribution in [2.75, 3.05) is 6.54 Å². The van der Waals surface area contributed by atoms with E-state index in [-0.39, 0.29) is 12.3 Å². The quantitative estimate of drug-likeness (QED) is 0.839. The van der Waals surface area contributed by atoms with Crippen LogP contribution >= 0.6 is 0 Å². The van der Waals surface area contributed by atoms with Gasteiger partial charge in [-0.2, -0.15) is 8.78 Å². The molecular formula is C14H19F2NO3S. The number of amides is 1. The molecule has 4 nitrogen and oxygen atoms in total. The third-order valence-electron chi connectivity index (χ3n) is 2.89. The van der Waals surface area contributed by atoms with Crippen molar-refractivity contribution in [3.8, 4) is 0 Å². The summed E-state index contributed by atoms with van der Waals surface area (Å²) in [7, 11) is -4.58. The highest BCUT2D eigenvalue weighted by atomic mass is 32.2. The second-order valence-electron chi connectivity index (χ2n) is 5.16. The predicted molar refractivity (Wildman–Crippen MR) is 75.8 cm³/mol. The molecule has 0 aliphatic rings. The van der Waals surface area contributed by atoms with E-state index in [2.05, 4.69) is 5.32 Å². The first-order valence-electron chi connectivity index (χ1n) is 6.61. The zero-order chi connectivity index (χ0) is 16.0. The lowest BCUT2D eigenvalue weighted by Crippen LogP contribution is -2.26. The van der Waals surface area contributed by atoms with Crippen molar-refractivity contribution in [3.05, 3.63) is 29.8 Å². The molecule has 0 bridgehead atoms. The molecule has 0 radical (unpaired) electrons. The Hall–Kier alpha value is -1.50. The van der Waals surface area contributed by atoms with Crippen LogP contribution < -0.4 is 5.32 Å². The summed E-state index contributed by atoms with van der Waals surface area (Å²) in [4.78, 5) is 11.2. The fourth-order valence-corrected chi connectivity index (χ4v) is 2.37. The van der Waals surface area contributed by atoms with E-state index in [1.807, 2.05) is 13.8 Å². The number of nitrogens with one attached hydrogen (secondary N) is 1. The van der Waals surface area contributed by atoms with Crippen LogP contribution in [0.1, 0.15) is 25.8 Å². The summed E-state index contributed by atoms with van der Waals surface area (Å²) >= 11 is 0. The number of benzene rings is 1. The monoisotopic (exact) mass is 319 g/mol. The molecule has 0 aliphatic carbocycles. The molecule has 0 saturated heterocycles. The van der Waals surface area contributed by atoms with Crippen molar-refractivity contribution < 1.29 is 22.0 Å². The van der Waals surface area contributed by atoms with E-state index in [1.165, 1.54) is 12.1 Å². The van der Waals surface area contributed by atoms with Crippen molar-refractivity contribution in [2.45, 2.75) is 37.3 Å². The van der Waals surface area contributed by atoms with Gasteiger partial charge in [-0.3, -0.25) is 4.79 Å². The van der Waals surface area contributed by atoms with E-state index >= 15 is 0 Å². The molecule has 0 saturated carbocycles. The van der Waals surface area contributed by atoms with Crippen LogP contribution in [0.15, 0.2) is 29.2 Å². The second kappa shape index (κ2) is 7.49. The Labute approximate surface area is 123 Å². The summed E-state index contributed by atoms with van der Waals surface area (Å²) in [6, 6.07) is 4.94. The van der Waals surface area contributed by atoms with Crippen LogP contribution in [0.2, 0.25) is 0 Å². The maximum absolute atomic E-state index is 12.4. The lowest BCUT2D eigenvalue weighted by molar-refractivity contribution is -0.120. The fourth-order valence-electron chi connectivity index (χ4n) is 1.65. The average molecular weight is 319 g/mol. The first kappa shape index (κ1) is 17.6. The zero-order valence-corrected chi connectivity index (χ0v) is 12.8. The minimum absolute atomic E-state index is 0.0904. The van der Waals surface area contributed by atoms with E-state index in [1.54, 1.807) is 0 Å². The van der Waals surface area contributed by atoms with Gasteiger partial charge in [0.05, 0.1) is 11.3 Å². The van der Waals surface area contributed by atoms with Crippen LogP contribution in [0.25, 0.3) is 0 Å². The Kier molecular flexibility index (Phi) is 6.26. The number of sulfone groups is 1.